The van der Waals surface area contributed by atoms with Gasteiger partial charge in [0.2, 0.25) is 0 Å². The normalized spacial score (nSPS) is 11.4. The summed E-state index contributed by atoms with van der Waals surface area (Å²) in [7, 11) is -1.85. The molecule has 0 unspecified atom stereocenters. The highest BCUT2D eigenvalue weighted by atomic mass is 35.5. The monoisotopic (exact) mass is 472 g/mol. The first-order valence-corrected chi connectivity index (χ1v) is 11.7. The second-order valence-electron chi connectivity index (χ2n) is 7.54. The molecule has 0 atom stereocenters. The molecule has 0 saturated carbocycles. The predicted molar refractivity (Wildman–Crippen MR) is 121 cm³/mol. The molecule has 166 valence electrons. The molecule has 0 aliphatic carbocycles. The first-order chi connectivity index (χ1) is 15.0. The van der Waals surface area contributed by atoms with Gasteiger partial charge in [0.05, 0.1) is 33.0 Å². The van der Waals surface area contributed by atoms with Crippen molar-refractivity contribution in [2.45, 2.75) is 31.8 Å². The lowest BCUT2D eigenvalue weighted by atomic mass is 10.1. The molecule has 0 radical (unpaired) electrons. The van der Waals surface area contributed by atoms with Gasteiger partial charge in [-0.3, -0.25) is 4.79 Å². The summed E-state index contributed by atoms with van der Waals surface area (Å²) < 4.78 is 32.2. The van der Waals surface area contributed by atoms with Gasteiger partial charge in [-0.05, 0) is 45.0 Å². The number of benzene rings is 1. The van der Waals surface area contributed by atoms with Gasteiger partial charge in [0, 0.05) is 24.4 Å². The Kier molecular flexibility index (Phi) is 6.67. The lowest BCUT2D eigenvalue weighted by Gasteiger charge is -2.13. The quantitative estimate of drug-likeness (QED) is 0.535. The molecule has 3 aromatic rings. The Balaban J connectivity index is 2.18. The van der Waals surface area contributed by atoms with Crippen molar-refractivity contribution >= 4 is 21.4 Å². The van der Waals surface area contributed by atoms with Crippen molar-refractivity contribution in [3.8, 4) is 29.1 Å². The smallest absolute Gasteiger partial charge is 0.322 e. The summed E-state index contributed by atoms with van der Waals surface area (Å²) in [5, 5.41) is 8.96. The van der Waals surface area contributed by atoms with Gasteiger partial charge >= 0.3 is 6.01 Å². The first-order valence-electron chi connectivity index (χ1n) is 9.65. The van der Waals surface area contributed by atoms with E-state index in [-0.39, 0.29) is 39.4 Å². The molecule has 0 aliphatic rings. The maximum atomic E-state index is 12.5. The van der Waals surface area contributed by atoms with Gasteiger partial charge in [0.15, 0.2) is 15.6 Å². The van der Waals surface area contributed by atoms with Crippen molar-refractivity contribution in [1.82, 2.24) is 14.5 Å². The van der Waals surface area contributed by atoms with Gasteiger partial charge in [-0.2, -0.15) is 15.2 Å². The van der Waals surface area contributed by atoms with Gasteiger partial charge in [-0.25, -0.2) is 8.42 Å². The van der Waals surface area contributed by atoms with Crippen LogP contribution >= 0.6 is 11.6 Å². The van der Waals surface area contributed by atoms with Gasteiger partial charge in [-0.15, -0.1) is 0 Å². The van der Waals surface area contributed by atoms with Crippen LogP contribution in [0.15, 0.2) is 41.3 Å². The highest BCUT2D eigenvalue weighted by Gasteiger charge is 2.21. The summed E-state index contributed by atoms with van der Waals surface area (Å²) in [6, 6.07) is 9.74. The lowest BCUT2D eigenvalue weighted by Crippen LogP contribution is -2.19. The number of para-hydroxylation sites is 1. The Morgan fingerprint density at radius 1 is 1.25 bits per heavy atom. The molecule has 0 N–H and O–H groups in total. The van der Waals surface area contributed by atoms with Gasteiger partial charge in [0.1, 0.15) is 6.07 Å². The maximum absolute atomic E-state index is 12.5. The van der Waals surface area contributed by atoms with Gasteiger partial charge < -0.3 is 9.30 Å². The molecule has 8 nitrogen and oxygen atoms in total. The molecule has 2 aromatic heterocycles. The van der Waals surface area contributed by atoms with Crippen molar-refractivity contribution in [1.29, 1.82) is 5.26 Å². The molecule has 3 rings (SSSR count). The highest BCUT2D eigenvalue weighted by Crippen LogP contribution is 2.32. The van der Waals surface area contributed by atoms with E-state index in [2.05, 4.69) is 9.97 Å². The van der Waals surface area contributed by atoms with Crippen molar-refractivity contribution in [3.05, 3.63) is 68.7 Å². The molecule has 0 fully saturated rings. The number of nitriles is 1. The number of hydrogen-bond acceptors (Lipinski definition) is 7. The second-order valence-corrected chi connectivity index (χ2v) is 10.5. The van der Waals surface area contributed by atoms with E-state index in [4.69, 9.17) is 16.3 Å². The average molecular weight is 473 g/mol. The maximum Gasteiger partial charge on any atom is 0.322 e. The largest absolute Gasteiger partial charge is 0.421 e. The third-order valence-electron chi connectivity index (χ3n) is 4.76. The highest BCUT2D eigenvalue weighted by molar-refractivity contribution is 7.91. The molecule has 2 heterocycles. The Bertz CT molecular complexity index is 1370. The van der Waals surface area contributed by atoms with E-state index in [1.54, 1.807) is 58.3 Å². The van der Waals surface area contributed by atoms with E-state index in [1.807, 2.05) is 6.07 Å². The third kappa shape index (κ3) is 4.98. The summed E-state index contributed by atoms with van der Waals surface area (Å²) in [6.45, 7) is 4.86. The third-order valence-corrected chi connectivity index (χ3v) is 7.20. The van der Waals surface area contributed by atoms with E-state index in [1.165, 1.54) is 10.6 Å². The number of rotatable bonds is 6. The minimum absolute atomic E-state index is 0.0723. The number of aromatic nitrogens is 3. The summed E-state index contributed by atoms with van der Waals surface area (Å²) >= 11 is 6.20. The van der Waals surface area contributed by atoms with Crippen molar-refractivity contribution in [2.24, 2.45) is 7.05 Å². The lowest BCUT2D eigenvalue weighted by molar-refractivity contribution is 0.439. The van der Waals surface area contributed by atoms with Crippen LogP contribution in [-0.4, -0.2) is 28.2 Å². The van der Waals surface area contributed by atoms with Crippen molar-refractivity contribution in [2.75, 3.05) is 0 Å². The standard InChI is InChI=1S/C22H21ClN4O4S/c1-13(2)32(29,30)12-17-9-19(16-8-14(3)21(28)27(4)11-16)26-22(25-17)31-20-15(10-24)6-5-7-18(20)23/h5-9,11,13H,12H2,1-4H3. The molecule has 32 heavy (non-hydrogen) atoms. The van der Waals surface area contributed by atoms with Crippen molar-refractivity contribution in [3.63, 3.8) is 0 Å². The molecule has 1 aromatic carbocycles. The Labute approximate surface area is 191 Å². The Morgan fingerprint density at radius 2 is 1.97 bits per heavy atom. The number of halogens is 1. The van der Waals surface area contributed by atoms with Crippen LogP contribution in [0.25, 0.3) is 11.3 Å². The van der Waals surface area contributed by atoms with Crippen LogP contribution in [0.4, 0.5) is 0 Å². The van der Waals surface area contributed by atoms with Gasteiger partial charge in [-0.1, -0.05) is 17.7 Å². The fraction of sp³-hybridized carbons (Fsp3) is 0.273. The van der Waals surface area contributed by atoms with E-state index >= 15 is 0 Å². The van der Waals surface area contributed by atoms with Crippen LogP contribution in [0, 0.1) is 18.3 Å². The van der Waals surface area contributed by atoms with E-state index in [0.29, 0.717) is 16.8 Å². The summed E-state index contributed by atoms with van der Waals surface area (Å²) in [6.07, 6.45) is 1.60. The van der Waals surface area contributed by atoms with E-state index in [9.17, 15) is 18.5 Å². The zero-order valence-electron chi connectivity index (χ0n) is 18.0. The van der Waals surface area contributed by atoms with E-state index < -0.39 is 15.1 Å². The number of nitrogens with zero attached hydrogens (tertiary/aromatic N) is 4. The molecule has 0 amide bonds. The molecular weight excluding hydrogens is 452 g/mol. The topological polar surface area (TPSA) is 115 Å². The number of ether oxygens (including phenoxy) is 1. The molecule has 0 spiro atoms. The zero-order valence-corrected chi connectivity index (χ0v) is 19.5. The average Bonchev–Trinajstić information content (AvgIpc) is 2.72. The molecule has 0 saturated heterocycles. The van der Waals surface area contributed by atoms with Gasteiger partial charge in [0.25, 0.3) is 5.56 Å². The second kappa shape index (κ2) is 9.10. The number of sulfone groups is 1. The summed E-state index contributed by atoms with van der Waals surface area (Å²) in [5.74, 6) is -0.252. The molecule has 0 bridgehead atoms. The van der Waals surface area contributed by atoms with Crippen LogP contribution < -0.4 is 10.3 Å². The number of hydrogen-bond donors (Lipinski definition) is 0. The Morgan fingerprint density at radius 3 is 2.59 bits per heavy atom. The molecule has 0 aliphatic heterocycles. The number of aryl methyl sites for hydroxylation is 2. The number of pyridine rings is 1. The fourth-order valence-corrected chi connectivity index (χ4v) is 4.03. The predicted octanol–water partition coefficient (Wildman–Crippen LogP) is 3.79. The Hall–Kier alpha value is -3.22. The van der Waals surface area contributed by atoms with E-state index in [0.717, 1.165) is 0 Å². The van der Waals surface area contributed by atoms with Crippen LogP contribution in [-0.2, 0) is 22.6 Å². The van der Waals surface area contributed by atoms with Crippen molar-refractivity contribution < 1.29 is 13.2 Å². The summed E-state index contributed by atoms with van der Waals surface area (Å²) in [4.78, 5) is 20.7. The fourth-order valence-electron chi connectivity index (χ4n) is 2.92. The molecular formula is C22H21ClN4O4S. The van der Waals surface area contributed by atoms with Crippen LogP contribution in [0.2, 0.25) is 5.02 Å². The summed E-state index contributed by atoms with van der Waals surface area (Å²) in [5.41, 5.74) is 1.70. The minimum Gasteiger partial charge on any atom is -0.421 e. The van der Waals surface area contributed by atoms with Crippen LogP contribution in [0.1, 0.15) is 30.7 Å². The van der Waals surface area contributed by atoms with Crippen LogP contribution in [0.3, 0.4) is 0 Å². The SMILES string of the molecule is Cc1cc(-c2cc(CS(=O)(=O)C(C)C)nc(Oc3c(Cl)cccc3C#N)n2)cn(C)c1=O. The zero-order chi connectivity index (χ0) is 23.6. The minimum atomic E-state index is -3.46. The van der Waals surface area contributed by atoms with Crippen LogP contribution in [0.5, 0.6) is 11.8 Å². The molecule has 10 heteroatoms. The first kappa shape index (κ1) is 23.4.